The summed E-state index contributed by atoms with van der Waals surface area (Å²) >= 11 is 0. The zero-order valence-electron chi connectivity index (χ0n) is 16.5. The van der Waals surface area contributed by atoms with E-state index in [1.54, 1.807) is 30.3 Å². The largest absolute Gasteiger partial charge is 0.494 e. The van der Waals surface area contributed by atoms with Crippen LogP contribution in [0.1, 0.15) is 36.7 Å². The fourth-order valence-corrected chi connectivity index (χ4v) is 2.76. The fourth-order valence-electron chi connectivity index (χ4n) is 2.76. The summed E-state index contributed by atoms with van der Waals surface area (Å²) in [5, 5.41) is 5.61. The quantitative estimate of drug-likeness (QED) is 0.695. The Morgan fingerprint density at radius 3 is 2.43 bits per heavy atom. The number of carbonyl (C=O) groups excluding carboxylic acids is 2. The van der Waals surface area contributed by atoms with Crippen molar-refractivity contribution in [2.45, 2.75) is 33.2 Å². The first-order chi connectivity index (χ1) is 13.4. The predicted octanol–water partition coefficient (Wildman–Crippen LogP) is 3.34. The number of carbonyl (C=O) groups is 2. The van der Waals surface area contributed by atoms with Gasteiger partial charge in [-0.25, -0.2) is 4.39 Å². The molecule has 2 aromatic carbocycles. The number of hydrogen-bond acceptors (Lipinski definition) is 3. The standard InChI is InChI=1S/C22H27FN2O3/c1-4-28-19-10-8-17(9-11-19)21(26)25-20(15(2)3)22(27)24-13-12-16-6-5-7-18(23)14-16/h5-11,14-15,20H,4,12-13H2,1-3H3,(H,24,27)(H,25,26)/t20-/m0/s1. The van der Waals surface area contributed by atoms with E-state index >= 15 is 0 Å². The minimum atomic E-state index is -0.661. The molecule has 0 aromatic heterocycles. The number of nitrogens with one attached hydrogen (secondary N) is 2. The molecule has 0 saturated heterocycles. The minimum absolute atomic E-state index is 0.0826. The first-order valence-corrected chi connectivity index (χ1v) is 9.46. The third-order valence-corrected chi connectivity index (χ3v) is 4.27. The molecular weight excluding hydrogens is 359 g/mol. The highest BCUT2D eigenvalue weighted by molar-refractivity contribution is 5.97. The summed E-state index contributed by atoms with van der Waals surface area (Å²) in [5.41, 5.74) is 1.27. The molecule has 0 aliphatic heterocycles. The second-order valence-corrected chi connectivity index (χ2v) is 6.82. The van der Waals surface area contributed by atoms with Crippen molar-refractivity contribution < 1.29 is 18.7 Å². The number of amides is 2. The minimum Gasteiger partial charge on any atom is -0.494 e. The smallest absolute Gasteiger partial charge is 0.251 e. The van der Waals surface area contributed by atoms with Gasteiger partial charge in [0.05, 0.1) is 6.61 Å². The Hall–Kier alpha value is -2.89. The van der Waals surface area contributed by atoms with Gasteiger partial charge in [-0.2, -0.15) is 0 Å². The SMILES string of the molecule is CCOc1ccc(C(=O)N[C@H](C(=O)NCCc2cccc(F)c2)C(C)C)cc1. The molecule has 0 fully saturated rings. The lowest BCUT2D eigenvalue weighted by molar-refractivity contribution is -0.123. The molecule has 5 nitrogen and oxygen atoms in total. The summed E-state index contributed by atoms with van der Waals surface area (Å²) < 4.78 is 18.6. The summed E-state index contributed by atoms with van der Waals surface area (Å²) in [6, 6.07) is 12.4. The summed E-state index contributed by atoms with van der Waals surface area (Å²) in [6.07, 6.45) is 0.515. The van der Waals surface area contributed by atoms with Gasteiger partial charge >= 0.3 is 0 Å². The lowest BCUT2D eigenvalue weighted by Gasteiger charge is -2.22. The van der Waals surface area contributed by atoms with E-state index in [4.69, 9.17) is 4.74 Å². The van der Waals surface area contributed by atoms with Crippen LogP contribution in [-0.2, 0) is 11.2 Å². The molecule has 150 valence electrons. The van der Waals surface area contributed by atoms with Crippen LogP contribution in [0.25, 0.3) is 0 Å². The fraction of sp³-hybridized carbons (Fsp3) is 0.364. The van der Waals surface area contributed by atoms with Crippen molar-refractivity contribution in [1.29, 1.82) is 0 Å². The van der Waals surface area contributed by atoms with Gasteiger partial charge in [0.2, 0.25) is 5.91 Å². The third-order valence-electron chi connectivity index (χ3n) is 4.27. The maximum Gasteiger partial charge on any atom is 0.251 e. The average Bonchev–Trinajstić information content (AvgIpc) is 2.66. The number of ether oxygens (including phenoxy) is 1. The average molecular weight is 386 g/mol. The van der Waals surface area contributed by atoms with Crippen molar-refractivity contribution in [3.05, 3.63) is 65.5 Å². The van der Waals surface area contributed by atoms with Crippen LogP contribution < -0.4 is 15.4 Å². The molecule has 0 unspecified atom stereocenters. The summed E-state index contributed by atoms with van der Waals surface area (Å²) in [6.45, 7) is 6.55. The molecular formula is C22H27FN2O3. The maximum atomic E-state index is 13.2. The van der Waals surface area contributed by atoms with Gasteiger partial charge in [0.15, 0.2) is 0 Å². The molecule has 2 rings (SSSR count). The number of halogens is 1. The Kier molecular flexibility index (Phi) is 7.99. The third kappa shape index (κ3) is 6.37. The highest BCUT2D eigenvalue weighted by atomic mass is 19.1. The second-order valence-electron chi connectivity index (χ2n) is 6.82. The molecule has 6 heteroatoms. The van der Waals surface area contributed by atoms with Crippen molar-refractivity contribution in [1.82, 2.24) is 10.6 Å². The Balaban J connectivity index is 1.91. The van der Waals surface area contributed by atoms with Gasteiger partial charge < -0.3 is 15.4 Å². The first-order valence-electron chi connectivity index (χ1n) is 9.46. The van der Waals surface area contributed by atoms with E-state index in [-0.39, 0.29) is 23.5 Å². The van der Waals surface area contributed by atoms with Gasteiger partial charge in [0.25, 0.3) is 5.91 Å². The van der Waals surface area contributed by atoms with Gasteiger partial charge in [0, 0.05) is 12.1 Å². The van der Waals surface area contributed by atoms with Gasteiger partial charge in [-0.05, 0) is 61.2 Å². The molecule has 28 heavy (non-hydrogen) atoms. The Morgan fingerprint density at radius 1 is 1.11 bits per heavy atom. The van der Waals surface area contributed by atoms with Crippen molar-refractivity contribution in [2.75, 3.05) is 13.2 Å². The number of rotatable bonds is 9. The molecule has 2 N–H and O–H groups in total. The van der Waals surface area contributed by atoms with Gasteiger partial charge in [-0.15, -0.1) is 0 Å². The monoisotopic (exact) mass is 386 g/mol. The normalized spacial score (nSPS) is 11.8. The van der Waals surface area contributed by atoms with Gasteiger partial charge in [-0.3, -0.25) is 9.59 Å². The van der Waals surface area contributed by atoms with Crippen LogP contribution in [0.4, 0.5) is 4.39 Å². The van der Waals surface area contributed by atoms with E-state index in [2.05, 4.69) is 10.6 Å². The molecule has 2 aromatic rings. The molecule has 0 heterocycles. The molecule has 0 radical (unpaired) electrons. The number of benzene rings is 2. The van der Waals surface area contributed by atoms with Crippen LogP contribution in [0.2, 0.25) is 0 Å². The van der Waals surface area contributed by atoms with Crippen LogP contribution >= 0.6 is 0 Å². The van der Waals surface area contributed by atoms with Crippen molar-refractivity contribution >= 4 is 11.8 Å². The van der Waals surface area contributed by atoms with Crippen molar-refractivity contribution in [3.8, 4) is 5.75 Å². The summed E-state index contributed by atoms with van der Waals surface area (Å²) in [7, 11) is 0. The van der Waals surface area contributed by atoms with Crippen LogP contribution in [0.3, 0.4) is 0 Å². The van der Waals surface area contributed by atoms with E-state index in [9.17, 15) is 14.0 Å². The van der Waals surface area contributed by atoms with Crippen LogP contribution in [0, 0.1) is 11.7 Å². The molecule has 2 amide bonds. The zero-order chi connectivity index (χ0) is 20.5. The summed E-state index contributed by atoms with van der Waals surface area (Å²) in [4.78, 5) is 25.0. The zero-order valence-corrected chi connectivity index (χ0v) is 16.5. The second kappa shape index (κ2) is 10.4. The van der Waals surface area contributed by atoms with Crippen LogP contribution in [-0.4, -0.2) is 31.0 Å². The Morgan fingerprint density at radius 2 is 1.82 bits per heavy atom. The van der Waals surface area contributed by atoms with Crippen LogP contribution in [0.15, 0.2) is 48.5 Å². The van der Waals surface area contributed by atoms with E-state index in [0.29, 0.717) is 30.9 Å². The van der Waals surface area contributed by atoms with Crippen molar-refractivity contribution in [2.24, 2.45) is 5.92 Å². The molecule has 0 aliphatic rings. The molecule has 0 aliphatic carbocycles. The van der Waals surface area contributed by atoms with Crippen molar-refractivity contribution in [3.63, 3.8) is 0 Å². The lowest BCUT2D eigenvalue weighted by Crippen LogP contribution is -2.50. The Labute approximate surface area is 165 Å². The van der Waals surface area contributed by atoms with Gasteiger partial charge in [0.1, 0.15) is 17.6 Å². The lowest BCUT2D eigenvalue weighted by atomic mass is 10.0. The topological polar surface area (TPSA) is 67.4 Å². The van der Waals surface area contributed by atoms with Gasteiger partial charge in [-0.1, -0.05) is 26.0 Å². The molecule has 1 atom stereocenters. The molecule has 0 bridgehead atoms. The highest BCUT2D eigenvalue weighted by Crippen LogP contribution is 2.13. The maximum absolute atomic E-state index is 13.2. The van der Waals surface area contributed by atoms with E-state index < -0.39 is 6.04 Å². The first kappa shape index (κ1) is 21.4. The highest BCUT2D eigenvalue weighted by Gasteiger charge is 2.24. The Bertz CT molecular complexity index is 791. The predicted molar refractivity (Wildman–Crippen MR) is 107 cm³/mol. The van der Waals surface area contributed by atoms with E-state index in [0.717, 1.165) is 5.56 Å². The summed E-state index contributed by atoms with van der Waals surface area (Å²) in [5.74, 6) is -0.269. The molecule has 0 spiro atoms. The van der Waals surface area contributed by atoms with Crippen LogP contribution in [0.5, 0.6) is 5.75 Å². The number of hydrogen-bond donors (Lipinski definition) is 2. The van der Waals surface area contributed by atoms with E-state index in [1.807, 2.05) is 26.8 Å². The van der Waals surface area contributed by atoms with E-state index in [1.165, 1.54) is 12.1 Å². The molecule has 0 saturated carbocycles.